The lowest BCUT2D eigenvalue weighted by Gasteiger charge is -2.29. The highest BCUT2D eigenvalue weighted by Crippen LogP contribution is 2.15. The van der Waals surface area contributed by atoms with Gasteiger partial charge in [-0.05, 0) is 45.0 Å². The Morgan fingerprint density at radius 3 is 2.88 bits per heavy atom. The van der Waals surface area contributed by atoms with Crippen LogP contribution in [0.5, 0.6) is 0 Å². The van der Waals surface area contributed by atoms with E-state index in [1.165, 1.54) is 0 Å². The largest absolute Gasteiger partial charge is 0.457 e. The topological polar surface area (TPSA) is 29.5 Å². The van der Waals surface area contributed by atoms with Crippen molar-refractivity contribution in [3.8, 4) is 0 Å². The molecular formula is C14H19NO2. The van der Waals surface area contributed by atoms with Crippen molar-refractivity contribution >= 4 is 5.97 Å². The van der Waals surface area contributed by atoms with Crippen molar-refractivity contribution in [3.63, 3.8) is 0 Å². The van der Waals surface area contributed by atoms with Crippen LogP contribution in [0.25, 0.3) is 0 Å². The molecule has 1 aromatic carbocycles. The summed E-state index contributed by atoms with van der Waals surface area (Å²) < 4.78 is 5.55. The lowest BCUT2D eigenvalue weighted by atomic mass is 10.1. The molecule has 1 heterocycles. The van der Waals surface area contributed by atoms with E-state index in [2.05, 4.69) is 11.9 Å². The molecule has 1 atom stereocenters. The van der Waals surface area contributed by atoms with Crippen molar-refractivity contribution in [2.75, 3.05) is 20.1 Å². The molecule has 0 aliphatic carbocycles. The first kappa shape index (κ1) is 12.1. The predicted octanol–water partition coefficient (Wildman–Crippen LogP) is 2.25. The highest BCUT2D eigenvalue weighted by molar-refractivity contribution is 5.91. The molecule has 1 fully saturated rings. The van der Waals surface area contributed by atoms with Gasteiger partial charge in [-0.15, -0.1) is 0 Å². The minimum atomic E-state index is -0.191. The van der Waals surface area contributed by atoms with Gasteiger partial charge >= 0.3 is 5.97 Å². The van der Waals surface area contributed by atoms with Crippen LogP contribution in [0.2, 0.25) is 0 Å². The molecule has 0 amide bonds. The average Bonchev–Trinajstić information content (AvgIpc) is 2.29. The van der Waals surface area contributed by atoms with Gasteiger partial charge in [-0.25, -0.2) is 4.79 Å². The summed E-state index contributed by atoms with van der Waals surface area (Å²) in [5, 5.41) is 0. The number of esters is 1. The van der Waals surface area contributed by atoms with E-state index in [0.29, 0.717) is 5.56 Å². The lowest BCUT2D eigenvalue weighted by Crippen LogP contribution is -2.38. The van der Waals surface area contributed by atoms with Crippen LogP contribution in [-0.2, 0) is 4.74 Å². The molecule has 2 rings (SSSR count). The van der Waals surface area contributed by atoms with E-state index < -0.39 is 0 Å². The number of carbonyl (C=O) groups is 1. The van der Waals surface area contributed by atoms with E-state index in [1.807, 2.05) is 31.2 Å². The molecule has 0 unspecified atom stereocenters. The van der Waals surface area contributed by atoms with Crippen molar-refractivity contribution in [2.45, 2.75) is 25.9 Å². The fourth-order valence-corrected chi connectivity index (χ4v) is 2.23. The Labute approximate surface area is 102 Å². The summed E-state index contributed by atoms with van der Waals surface area (Å²) in [6, 6.07) is 7.56. The number of piperidine rings is 1. The summed E-state index contributed by atoms with van der Waals surface area (Å²) in [6.07, 6.45) is 2.12. The van der Waals surface area contributed by atoms with Gasteiger partial charge in [-0.1, -0.05) is 18.2 Å². The van der Waals surface area contributed by atoms with Gasteiger partial charge in [0.05, 0.1) is 5.56 Å². The van der Waals surface area contributed by atoms with Crippen LogP contribution in [0.4, 0.5) is 0 Å². The van der Waals surface area contributed by atoms with Gasteiger partial charge in [-0.2, -0.15) is 0 Å². The molecule has 0 saturated carbocycles. The summed E-state index contributed by atoms with van der Waals surface area (Å²) in [4.78, 5) is 14.2. The summed E-state index contributed by atoms with van der Waals surface area (Å²) in [5.74, 6) is -0.191. The van der Waals surface area contributed by atoms with E-state index in [0.717, 1.165) is 31.5 Å². The number of carbonyl (C=O) groups excluding carboxylic acids is 1. The first-order chi connectivity index (χ1) is 8.16. The molecule has 92 valence electrons. The number of hydrogen-bond acceptors (Lipinski definition) is 3. The van der Waals surface area contributed by atoms with Crippen LogP contribution >= 0.6 is 0 Å². The first-order valence-electron chi connectivity index (χ1n) is 6.12. The third kappa shape index (κ3) is 3.07. The number of likely N-dealkylation sites (tertiary alicyclic amines) is 1. The summed E-state index contributed by atoms with van der Waals surface area (Å²) in [5.41, 5.74) is 1.65. The van der Waals surface area contributed by atoms with Crippen LogP contribution in [-0.4, -0.2) is 37.1 Å². The van der Waals surface area contributed by atoms with Gasteiger partial charge in [0.25, 0.3) is 0 Å². The van der Waals surface area contributed by atoms with E-state index in [1.54, 1.807) is 0 Å². The molecule has 1 aliphatic rings. The van der Waals surface area contributed by atoms with E-state index >= 15 is 0 Å². The Morgan fingerprint density at radius 2 is 2.18 bits per heavy atom. The minimum Gasteiger partial charge on any atom is -0.457 e. The van der Waals surface area contributed by atoms with Crippen LogP contribution < -0.4 is 0 Å². The number of hydrogen-bond donors (Lipinski definition) is 0. The Hall–Kier alpha value is -1.35. The number of nitrogens with zero attached hydrogens (tertiary/aromatic N) is 1. The highest BCUT2D eigenvalue weighted by atomic mass is 16.5. The number of ether oxygens (including phenoxy) is 1. The summed E-state index contributed by atoms with van der Waals surface area (Å²) in [6.45, 7) is 3.87. The maximum atomic E-state index is 12.0. The minimum absolute atomic E-state index is 0.0425. The smallest absolute Gasteiger partial charge is 0.338 e. The highest BCUT2D eigenvalue weighted by Gasteiger charge is 2.21. The molecular weight excluding hydrogens is 214 g/mol. The number of aryl methyl sites for hydroxylation is 1. The molecule has 0 aromatic heterocycles. The molecule has 0 radical (unpaired) electrons. The fraction of sp³-hybridized carbons (Fsp3) is 0.500. The van der Waals surface area contributed by atoms with Gasteiger partial charge in [0.2, 0.25) is 0 Å². The molecule has 1 aromatic rings. The number of likely N-dealkylation sites (N-methyl/N-ethyl adjacent to an activating group) is 1. The quantitative estimate of drug-likeness (QED) is 0.734. The van der Waals surface area contributed by atoms with Crippen LogP contribution in [0.15, 0.2) is 24.3 Å². The SMILES string of the molecule is Cc1ccccc1C(=O)O[C@@H]1CCCN(C)C1. The Balaban J connectivity index is 1.99. The summed E-state index contributed by atoms with van der Waals surface area (Å²) in [7, 11) is 2.06. The number of rotatable bonds is 2. The zero-order chi connectivity index (χ0) is 12.3. The fourth-order valence-electron chi connectivity index (χ4n) is 2.23. The van der Waals surface area contributed by atoms with Crippen LogP contribution in [0, 0.1) is 6.92 Å². The van der Waals surface area contributed by atoms with Gasteiger partial charge in [0, 0.05) is 6.54 Å². The molecule has 1 saturated heterocycles. The Kier molecular flexibility index (Phi) is 3.79. The zero-order valence-corrected chi connectivity index (χ0v) is 10.5. The third-order valence-corrected chi connectivity index (χ3v) is 3.22. The maximum absolute atomic E-state index is 12.0. The van der Waals surface area contributed by atoms with Crippen LogP contribution in [0.3, 0.4) is 0 Å². The van der Waals surface area contributed by atoms with Crippen molar-refractivity contribution in [3.05, 3.63) is 35.4 Å². The zero-order valence-electron chi connectivity index (χ0n) is 10.5. The molecule has 17 heavy (non-hydrogen) atoms. The monoisotopic (exact) mass is 233 g/mol. The predicted molar refractivity (Wildman–Crippen MR) is 67.1 cm³/mol. The van der Waals surface area contributed by atoms with Crippen molar-refractivity contribution in [2.24, 2.45) is 0 Å². The maximum Gasteiger partial charge on any atom is 0.338 e. The molecule has 3 heteroatoms. The van der Waals surface area contributed by atoms with Gasteiger partial charge in [-0.3, -0.25) is 0 Å². The standard InChI is InChI=1S/C14H19NO2/c1-11-6-3-4-8-13(11)14(16)17-12-7-5-9-15(2)10-12/h3-4,6,8,12H,5,7,9-10H2,1-2H3/t12-/m1/s1. The average molecular weight is 233 g/mol. The van der Waals surface area contributed by atoms with Gasteiger partial charge in [0.15, 0.2) is 0 Å². The molecule has 0 spiro atoms. The summed E-state index contributed by atoms with van der Waals surface area (Å²) >= 11 is 0. The van der Waals surface area contributed by atoms with Crippen LogP contribution in [0.1, 0.15) is 28.8 Å². The second kappa shape index (κ2) is 5.32. The van der Waals surface area contributed by atoms with Gasteiger partial charge < -0.3 is 9.64 Å². The second-order valence-corrected chi connectivity index (χ2v) is 4.75. The molecule has 0 bridgehead atoms. The van der Waals surface area contributed by atoms with E-state index in [4.69, 9.17) is 4.74 Å². The molecule has 3 nitrogen and oxygen atoms in total. The lowest BCUT2D eigenvalue weighted by molar-refractivity contribution is 0.0108. The molecule has 1 aliphatic heterocycles. The van der Waals surface area contributed by atoms with Gasteiger partial charge in [0.1, 0.15) is 6.10 Å². The van der Waals surface area contributed by atoms with Crippen molar-refractivity contribution < 1.29 is 9.53 Å². The van der Waals surface area contributed by atoms with Crippen molar-refractivity contribution in [1.29, 1.82) is 0 Å². The van der Waals surface area contributed by atoms with Crippen molar-refractivity contribution in [1.82, 2.24) is 4.90 Å². The Bertz CT molecular complexity index is 403. The second-order valence-electron chi connectivity index (χ2n) is 4.75. The van der Waals surface area contributed by atoms with E-state index in [-0.39, 0.29) is 12.1 Å². The normalized spacial score (nSPS) is 21.2. The first-order valence-corrected chi connectivity index (χ1v) is 6.12. The molecule has 0 N–H and O–H groups in total. The third-order valence-electron chi connectivity index (χ3n) is 3.22. The number of benzene rings is 1. The van der Waals surface area contributed by atoms with E-state index in [9.17, 15) is 4.79 Å². The Morgan fingerprint density at radius 1 is 1.41 bits per heavy atom.